The van der Waals surface area contributed by atoms with Gasteiger partial charge in [0, 0.05) is 6.61 Å². The molecule has 0 aliphatic carbocycles. The fourth-order valence-corrected chi connectivity index (χ4v) is 0.535. The van der Waals surface area contributed by atoms with Crippen molar-refractivity contribution in [2.75, 3.05) is 13.2 Å². The number of nitrogens with two attached hydrogens (primary N) is 1. The molecular formula is C6H15NO2. The van der Waals surface area contributed by atoms with E-state index in [4.69, 9.17) is 15.6 Å². The summed E-state index contributed by atoms with van der Waals surface area (Å²) in [4.78, 5) is 0. The zero-order valence-electron chi connectivity index (χ0n) is 6.00. The van der Waals surface area contributed by atoms with E-state index in [-0.39, 0.29) is 18.8 Å². The standard InChI is InChI=1S/C6H15NO2/c1-3-9-5(2)6(7)4-8/h5-6,8H,3-4,7H2,1-2H3. The van der Waals surface area contributed by atoms with E-state index in [1.807, 2.05) is 13.8 Å². The lowest BCUT2D eigenvalue weighted by atomic mass is 10.2. The number of hydrogen-bond acceptors (Lipinski definition) is 3. The van der Waals surface area contributed by atoms with Crippen LogP contribution in [0.4, 0.5) is 0 Å². The van der Waals surface area contributed by atoms with Gasteiger partial charge < -0.3 is 15.6 Å². The van der Waals surface area contributed by atoms with Crippen LogP contribution in [0.3, 0.4) is 0 Å². The molecule has 0 amide bonds. The Kier molecular flexibility index (Phi) is 4.67. The topological polar surface area (TPSA) is 55.5 Å². The van der Waals surface area contributed by atoms with Gasteiger partial charge in [0.15, 0.2) is 0 Å². The maximum atomic E-state index is 8.53. The number of aliphatic hydroxyl groups excluding tert-OH is 1. The van der Waals surface area contributed by atoms with Crippen molar-refractivity contribution < 1.29 is 9.84 Å². The molecule has 0 aromatic carbocycles. The van der Waals surface area contributed by atoms with Crippen molar-refractivity contribution in [1.29, 1.82) is 0 Å². The van der Waals surface area contributed by atoms with E-state index < -0.39 is 0 Å². The molecule has 3 N–H and O–H groups in total. The lowest BCUT2D eigenvalue weighted by molar-refractivity contribution is 0.0414. The van der Waals surface area contributed by atoms with Crippen LogP contribution in [0.2, 0.25) is 0 Å². The van der Waals surface area contributed by atoms with E-state index in [1.54, 1.807) is 0 Å². The second kappa shape index (κ2) is 4.73. The quantitative estimate of drug-likeness (QED) is 0.555. The molecule has 0 aromatic heterocycles. The minimum Gasteiger partial charge on any atom is -0.395 e. The Hall–Kier alpha value is -0.120. The average molecular weight is 133 g/mol. The van der Waals surface area contributed by atoms with Crippen LogP contribution in [0.25, 0.3) is 0 Å². The van der Waals surface area contributed by atoms with Gasteiger partial charge in [-0.05, 0) is 13.8 Å². The van der Waals surface area contributed by atoms with Crippen LogP contribution < -0.4 is 5.73 Å². The monoisotopic (exact) mass is 133 g/mol. The first-order valence-electron chi connectivity index (χ1n) is 3.20. The van der Waals surface area contributed by atoms with Crippen molar-refractivity contribution in [3.63, 3.8) is 0 Å². The molecule has 2 unspecified atom stereocenters. The first kappa shape index (κ1) is 8.88. The zero-order valence-corrected chi connectivity index (χ0v) is 6.00. The molecule has 0 spiro atoms. The molecule has 2 atom stereocenters. The van der Waals surface area contributed by atoms with Crippen molar-refractivity contribution in [3.05, 3.63) is 0 Å². The molecule has 9 heavy (non-hydrogen) atoms. The van der Waals surface area contributed by atoms with Crippen molar-refractivity contribution in [1.82, 2.24) is 0 Å². The second-order valence-corrected chi connectivity index (χ2v) is 2.01. The van der Waals surface area contributed by atoms with Gasteiger partial charge in [-0.15, -0.1) is 0 Å². The lowest BCUT2D eigenvalue weighted by Crippen LogP contribution is -2.37. The third-order valence-corrected chi connectivity index (χ3v) is 1.24. The third-order valence-electron chi connectivity index (χ3n) is 1.24. The molecule has 0 bridgehead atoms. The van der Waals surface area contributed by atoms with Gasteiger partial charge in [0.25, 0.3) is 0 Å². The molecule has 0 radical (unpaired) electrons. The van der Waals surface area contributed by atoms with Gasteiger partial charge in [-0.1, -0.05) is 0 Å². The highest BCUT2D eigenvalue weighted by Crippen LogP contribution is 1.93. The Morgan fingerprint density at radius 1 is 1.67 bits per heavy atom. The summed E-state index contributed by atoms with van der Waals surface area (Å²) in [7, 11) is 0. The average Bonchev–Trinajstić information content (AvgIpc) is 1.87. The first-order valence-corrected chi connectivity index (χ1v) is 3.20. The Morgan fingerprint density at radius 2 is 2.22 bits per heavy atom. The van der Waals surface area contributed by atoms with Crippen LogP contribution in [0.5, 0.6) is 0 Å². The molecule has 3 nitrogen and oxygen atoms in total. The summed E-state index contributed by atoms with van der Waals surface area (Å²) >= 11 is 0. The van der Waals surface area contributed by atoms with Gasteiger partial charge in [0.1, 0.15) is 0 Å². The summed E-state index contributed by atoms with van der Waals surface area (Å²) in [6, 6.07) is -0.245. The van der Waals surface area contributed by atoms with Gasteiger partial charge in [-0.2, -0.15) is 0 Å². The highest BCUT2D eigenvalue weighted by atomic mass is 16.5. The Morgan fingerprint density at radius 3 is 2.56 bits per heavy atom. The zero-order chi connectivity index (χ0) is 7.28. The van der Waals surface area contributed by atoms with Crippen molar-refractivity contribution >= 4 is 0 Å². The minimum atomic E-state index is -0.245. The summed E-state index contributed by atoms with van der Waals surface area (Å²) in [6.07, 6.45) is -0.0417. The van der Waals surface area contributed by atoms with E-state index >= 15 is 0 Å². The molecule has 0 aliphatic heterocycles. The first-order chi connectivity index (χ1) is 4.22. The normalized spacial score (nSPS) is 17.3. The molecule has 3 heteroatoms. The van der Waals surface area contributed by atoms with Gasteiger partial charge >= 0.3 is 0 Å². The van der Waals surface area contributed by atoms with E-state index in [0.717, 1.165) is 0 Å². The van der Waals surface area contributed by atoms with Crippen LogP contribution in [0.15, 0.2) is 0 Å². The maximum absolute atomic E-state index is 8.53. The van der Waals surface area contributed by atoms with Crippen molar-refractivity contribution in [2.24, 2.45) is 5.73 Å². The van der Waals surface area contributed by atoms with E-state index in [9.17, 15) is 0 Å². The van der Waals surface area contributed by atoms with Gasteiger partial charge in [-0.3, -0.25) is 0 Å². The number of ether oxygens (including phenoxy) is 1. The summed E-state index contributed by atoms with van der Waals surface area (Å²) < 4.78 is 5.11. The van der Waals surface area contributed by atoms with Crippen molar-refractivity contribution in [2.45, 2.75) is 26.0 Å². The van der Waals surface area contributed by atoms with E-state index in [0.29, 0.717) is 6.61 Å². The van der Waals surface area contributed by atoms with Crippen LogP contribution in [0, 0.1) is 0 Å². The Bertz CT molecular complexity index is 68.1. The molecule has 0 aliphatic rings. The predicted octanol–water partition coefficient (Wildman–Crippen LogP) is -0.269. The highest BCUT2D eigenvalue weighted by molar-refractivity contribution is 4.66. The summed E-state index contributed by atoms with van der Waals surface area (Å²) in [5.74, 6) is 0. The minimum absolute atomic E-state index is 0.0127. The second-order valence-electron chi connectivity index (χ2n) is 2.01. The third kappa shape index (κ3) is 3.46. The highest BCUT2D eigenvalue weighted by Gasteiger charge is 2.09. The number of aliphatic hydroxyl groups is 1. The smallest absolute Gasteiger partial charge is 0.0720 e. The predicted molar refractivity (Wildman–Crippen MR) is 36.1 cm³/mol. The van der Waals surface area contributed by atoms with Crippen LogP contribution in [-0.4, -0.2) is 30.5 Å². The largest absolute Gasteiger partial charge is 0.395 e. The number of hydrogen-bond donors (Lipinski definition) is 2. The molecular weight excluding hydrogens is 118 g/mol. The fourth-order valence-electron chi connectivity index (χ4n) is 0.535. The van der Waals surface area contributed by atoms with Gasteiger partial charge in [0.05, 0.1) is 18.8 Å². The lowest BCUT2D eigenvalue weighted by Gasteiger charge is -2.16. The molecule has 0 rings (SSSR count). The molecule has 0 saturated carbocycles. The van der Waals surface area contributed by atoms with E-state index in [2.05, 4.69) is 0 Å². The summed E-state index contributed by atoms with van der Waals surface area (Å²) in [6.45, 7) is 4.39. The SMILES string of the molecule is CCOC(C)C(N)CO. The number of rotatable bonds is 4. The van der Waals surface area contributed by atoms with Crippen LogP contribution >= 0.6 is 0 Å². The van der Waals surface area contributed by atoms with Gasteiger partial charge in [0.2, 0.25) is 0 Å². The fraction of sp³-hybridized carbons (Fsp3) is 1.00. The Labute approximate surface area is 55.8 Å². The molecule has 0 saturated heterocycles. The van der Waals surface area contributed by atoms with E-state index in [1.165, 1.54) is 0 Å². The molecule has 56 valence electrons. The Balaban J connectivity index is 3.32. The van der Waals surface area contributed by atoms with Crippen LogP contribution in [0.1, 0.15) is 13.8 Å². The van der Waals surface area contributed by atoms with Crippen molar-refractivity contribution in [3.8, 4) is 0 Å². The van der Waals surface area contributed by atoms with Gasteiger partial charge in [-0.25, -0.2) is 0 Å². The molecule has 0 fully saturated rings. The maximum Gasteiger partial charge on any atom is 0.0720 e. The molecule has 0 aromatic rings. The molecule has 0 heterocycles. The summed E-state index contributed by atoms with van der Waals surface area (Å²) in [5.41, 5.74) is 5.43. The summed E-state index contributed by atoms with van der Waals surface area (Å²) in [5, 5.41) is 8.53. The van der Waals surface area contributed by atoms with Crippen LogP contribution in [-0.2, 0) is 4.74 Å².